The summed E-state index contributed by atoms with van der Waals surface area (Å²) in [6.45, 7) is 3.24. The van der Waals surface area contributed by atoms with Crippen molar-refractivity contribution in [2.75, 3.05) is 31.1 Å². The normalized spacial score (nSPS) is 19.7. The zero-order chi connectivity index (χ0) is 15.8. The number of likely N-dealkylation sites (tertiary alicyclic amines) is 1. The van der Waals surface area contributed by atoms with E-state index in [1.807, 2.05) is 11.9 Å². The predicted molar refractivity (Wildman–Crippen MR) is 84.9 cm³/mol. The van der Waals surface area contributed by atoms with Gasteiger partial charge in [0.25, 0.3) is 0 Å². The molecule has 0 atom stereocenters. The summed E-state index contributed by atoms with van der Waals surface area (Å²) in [5, 5.41) is 8.14. The van der Waals surface area contributed by atoms with Gasteiger partial charge in [-0.25, -0.2) is 14.6 Å². The third kappa shape index (κ3) is 2.51. The van der Waals surface area contributed by atoms with Crippen LogP contribution in [0, 0.1) is 5.92 Å². The van der Waals surface area contributed by atoms with Gasteiger partial charge in [-0.2, -0.15) is 0 Å². The second-order valence-corrected chi connectivity index (χ2v) is 6.42. The Morgan fingerprint density at radius 2 is 1.87 bits per heavy atom. The van der Waals surface area contributed by atoms with Crippen LogP contribution < -0.4 is 4.90 Å². The largest absolute Gasteiger partial charge is 0.353 e. The Balaban J connectivity index is 1.45. The fourth-order valence-electron chi connectivity index (χ4n) is 3.43. The summed E-state index contributed by atoms with van der Waals surface area (Å²) in [5.41, 5.74) is 1.42. The minimum absolute atomic E-state index is 0.0785. The first-order chi connectivity index (χ1) is 11.2. The van der Waals surface area contributed by atoms with Gasteiger partial charge in [-0.05, 0) is 12.8 Å². The monoisotopic (exact) mass is 315 g/mol. The molecule has 0 N–H and O–H groups in total. The number of hydrogen-bond acceptors (Lipinski definition) is 6. The van der Waals surface area contributed by atoms with Crippen molar-refractivity contribution in [3.8, 4) is 0 Å². The SMILES string of the molecule is Cn1nnc2c(N3CC(C(=O)N4CCCCCC4)C3)ncnc21. The first-order valence-corrected chi connectivity index (χ1v) is 8.28. The molecule has 0 saturated carbocycles. The molecule has 0 aliphatic carbocycles. The smallest absolute Gasteiger partial charge is 0.229 e. The molecule has 0 bridgehead atoms. The minimum Gasteiger partial charge on any atom is -0.353 e. The van der Waals surface area contributed by atoms with Gasteiger partial charge < -0.3 is 9.80 Å². The van der Waals surface area contributed by atoms with E-state index in [0.717, 1.165) is 37.4 Å². The molecule has 8 nitrogen and oxygen atoms in total. The molecule has 0 unspecified atom stereocenters. The quantitative estimate of drug-likeness (QED) is 0.807. The van der Waals surface area contributed by atoms with E-state index in [0.29, 0.717) is 24.5 Å². The Kier molecular flexibility index (Phi) is 3.59. The van der Waals surface area contributed by atoms with E-state index in [-0.39, 0.29) is 5.92 Å². The lowest BCUT2D eigenvalue weighted by Crippen LogP contribution is -2.55. The van der Waals surface area contributed by atoms with Gasteiger partial charge in [-0.15, -0.1) is 5.10 Å². The van der Waals surface area contributed by atoms with Crippen LogP contribution >= 0.6 is 0 Å². The third-order valence-corrected chi connectivity index (χ3v) is 4.82. The molecule has 2 fully saturated rings. The molecule has 2 aromatic heterocycles. The van der Waals surface area contributed by atoms with Crippen LogP contribution in [-0.4, -0.2) is 61.9 Å². The van der Waals surface area contributed by atoms with Gasteiger partial charge in [0, 0.05) is 33.2 Å². The minimum atomic E-state index is 0.0785. The standard InChI is InChI=1S/C15H21N7O/c1-20-13-12(18-19-20)14(17-10-16-13)22-8-11(9-22)15(23)21-6-4-2-3-5-7-21/h10-11H,2-9H2,1H3. The summed E-state index contributed by atoms with van der Waals surface area (Å²) >= 11 is 0. The molecule has 122 valence electrons. The molecule has 2 aromatic rings. The van der Waals surface area contributed by atoms with Crippen molar-refractivity contribution in [2.24, 2.45) is 13.0 Å². The second-order valence-electron chi connectivity index (χ2n) is 6.42. The molecule has 1 amide bonds. The molecule has 0 radical (unpaired) electrons. The number of fused-ring (bicyclic) bond motifs is 1. The van der Waals surface area contributed by atoms with E-state index in [4.69, 9.17) is 0 Å². The number of hydrogen-bond donors (Lipinski definition) is 0. The Bertz CT molecular complexity index is 714. The molecule has 4 heterocycles. The maximum absolute atomic E-state index is 12.6. The summed E-state index contributed by atoms with van der Waals surface area (Å²) in [5.74, 6) is 1.16. The van der Waals surface area contributed by atoms with E-state index in [9.17, 15) is 4.79 Å². The summed E-state index contributed by atoms with van der Waals surface area (Å²) < 4.78 is 1.64. The lowest BCUT2D eigenvalue weighted by atomic mass is 9.98. The molecule has 2 aliphatic heterocycles. The number of aromatic nitrogens is 5. The van der Waals surface area contributed by atoms with E-state index in [1.54, 1.807) is 4.68 Å². The highest BCUT2D eigenvalue weighted by Gasteiger charge is 2.37. The van der Waals surface area contributed by atoms with Crippen molar-refractivity contribution in [1.82, 2.24) is 29.9 Å². The van der Waals surface area contributed by atoms with Crippen LogP contribution in [0.25, 0.3) is 11.2 Å². The van der Waals surface area contributed by atoms with Gasteiger partial charge in [0.05, 0.1) is 5.92 Å². The molecular formula is C15H21N7O. The van der Waals surface area contributed by atoms with Crippen LogP contribution in [0.3, 0.4) is 0 Å². The molecular weight excluding hydrogens is 294 g/mol. The Labute approximate surface area is 134 Å². The number of rotatable bonds is 2. The van der Waals surface area contributed by atoms with Crippen molar-refractivity contribution in [2.45, 2.75) is 25.7 Å². The summed E-state index contributed by atoms with van der Waals surface area (Å²) in [4.78, 5) is 25.3. The zero-order valence-electron chi connectivity index (χ0n) is 13.4. The molecule has 4 rings (SSSR count). The van der Waals surface area contributed by atoms with E-state index >= 15 is 0 Å². The van der Waals surface area contributed by atoms with Gasteiger partial charge in [-0.3, -0.25) is 4.79 Å². The van der Waals surface area contributed by atoms with Crippen LogP contribution in [0.5, 0.6) is 0 Å². The fourth-order valence-corrected chi connectivity index (χ4v) is 3.43. The number of amides is 1. The maximum Gasteiger partial charge on any atom is 0.229 e. The van der Waals surface area contributed by atoms with Gasteiger partial charge in [-0.1, -0.05) is 18.1 Å². The summed E-state index contributed by atoms with van der Waals surface area (Å²) in [6.07, 6.45) is 6.28. The highest BCUT2D eigenvalue weighted by atomic mass is 16.2. The predicted octanol–water partition coefficient (Wildman–Crippen LogP) is 0.597. The van der Waals surface area contributed by atoms with Gasteiger partial charge in [0.2, 0.25) is 5.91 Å². The highest BCUT2D eigenvalue weighted by molar-refractivity contribution is 5.86. The number of carbonyl (C=O) groups excluding carboxylic acids is 1. The second kappa shape index (κ2) is 5.75. The third-order valence-electron chi connectivity index (χ3n) is 4.82. The van der Waals surface area contributed by atoms with E-state index in [2.05, 4.69) is 25.2 Å². The van der Waals surface area contributed by atoms with Gasteiger partial charge >= 0.3 is 0 Å². The number of aryl methyl sites for hydroxylation is 1. The van der Waals surface area contributed by atoms with E-state index in [1.165, 1.54) is 19.2 Å². The topological polar surface area (TPSA) is 80.0 Å². The number of anilines is 1. The Morgan fingerprint density at radius 1 is 1.13 bits per heavy atom. The van der Waals surface area contributed by atoms with Crippen LogP contribution in [0.2, 0.25) is 0 Å². The van der Waals surface area contributed by atoms with Crippen LogP contribution in [-0.2, 0) is 11.8 Å². The van der Waals surface area contributed by atoms with E-state index < -0.39 is 0 Å². The number of carbonyl (C=O) groups is 1. The van der Waals surface area contributed by atoms with Crippen LogP contribution in [0.15, 0.2) is 6.33 Å². The highest BCUT2D eigenvalue weighted by Crippen LogP contribution is 2.28. The van der Waals surface area contributed by atoms with Crippen molar-refractivity contribution in [3.05, 3.63) is 6.33 Å². The van der Waals surface area contributed by atoms with Crippen molar-refractivity contribution < 1.29 is 4.79 Å². The van der Waals surface area contributed by atoms with Crippen molar-refractivity contribution in [1.29, 1.82) is 0 Å². The average Bonchev–Trinajstić information content (AvgIpc) is 2.75. The molecule has 23 heavy (non-hydrogen) atoms. The summed E-state index contributed by atoms with van der Waals surface area (Å²) in [7, 11) is 1.81. The Morgan fingerprint density at radius 3 is 2.61 bits per heavy atom. The maximum atomic E-state index is 12.6. The lowest BCUT2D eigenvalue weighted by Gasteiger charge is -2.41. The average molecular weight is 315 g/mol. The van der Waals surface area contributed by atoms with Crippen LogP contribution in [0.1, 0.15) is 25.7 Å². The molecule has 2 aliphatic rings. The van der Waals surface area contributed by atoms with Crippen LogP contribution in [0.4, 0.5) is 5.82 Å². The van der Waals surface area contributed by atoms with Gasteiger partial charge in [0.15, 0.2) is 17.0 Å². The van der Waals surface area contributed by atoms with Crippen molar-refractivity contribution in [3.63, 3.8) is 0 Å². The zero-order valence-corrected chi connectivity index (χ0v) is 13.4. The fraction of sp³-hybridized carbons (Fsp3) is 0.667. The first-order valence-electron chi connectivity index (χ1n) is 8.28. The first kappa shape index (κ1) is 14.3. The molecule has 2 saturated heterocycles. The molecule has 0 aromatic carbocycles. The molecule has 8 heteroatoms. The molecule has 0 spiro atoms. The van der Waals surface area contributed by atoms with Gasteiger partial charge in [0.1, 0.15) is 6.33 Å². The number of nitrogens with zero attached hydrogens (tertiary/aromatic N) is 7. The van der Waals surface area contributed by atoms with Crippen molar-refractivity contribution >= 4 is 22.9 Å². The lowest BCUT2D eigenvalue weighted by molar-refractivity contribution is -0.136. The summed E-state index contributed by atoms with van der Waals surface area (Å²) in [6, 6.07) is 0. The Hall–Kier alpha value is -2.25.